The quantitative estimate of drug-likeness (QED) is 0.390. The molecule has 0 aromatic rings. The van der Waals surface area contributed by atoms with E-state index in [1.165, 1.54) is 0 Å². The topological polar surface area (TPSA) is 161 Å². The third-order valence-corrected chi connectivity index (χ3v) is 0. The van der Waals surface area contributed by atoms with Crippen LogP contribution in [0.15, 0.2) is 0 Å². The average Bonchev–Trinajstić information content (AvgIpc) is 1.76. The largest absolute Gasteiger partial charge is 2.00 e. The first-order valence-corrected chi connectivity index (χ1v) is 3.63. The van der Waals surface area contributed by atoms with Gasteiger partial charge < -0.3 is 39.6 Å². The molecule has 0 rings (SSSR count). The smallest absolute Gasteiger partial charge is 0.550 e. The van der Waals surface area contributed by atoms with E-state index in [1.807, 2.05) is 0 Å². The van der Waals surface area contributed by atoms with Gasteiger partial charge in [0.15, 0.2) is 0 Å². The molecule has 8 nitrogen and oxygen atoms in total. The molecule has 0 amide bonds. The van der Waals surface area contributed by atoms with Gasteiger partial charge in [0.1, 0.15) is 0 Å². The summed E-state index contributed by atoms with van der Waals surface area (Å²) < 4.78 is 0. The van der Waals surface area contributed by atoms with E-state index in [-0.39, 0.29) is 78.6 Å². The van der Waals surface area contributed by atoms with Crippen molar-refractivity contribution in [3.63, 3.8) is 0 Å². The first kappa shape index (κ1) is 42.7. The Morgan fingerprint density at radius 3 is 0.526 bits per heavy atom. The van der Waals surface area contributed by atoms with Gasteiger partial charge in [0.2, 0.25) is 0 Å². The standard InChI is InChI=1S/4C2H4O2.2Na.Zn/c4*1-2(3)4;;;/h4*1H3,(H,3,4);;;/q;;;;2*+1;+2/p-4. The van der Waals surface area contributed by atoms with E-state index < -0.39 is 23.9 Å². The van der Waals surface area contributed by atoms with E-state index in [2.05, 4.69) is 0 Å². The van der Waals surface area contributed by atoms with Crippen LogP contribution in [0.1, 0.15) is 27.7 Å². The number of rotatable bonds is 0. The Labute approximate surface area is 168 Å². The summed E-state index contributed by atoms with van der Waals surface area (Å²) in [6, 6.07) is 0. The molecule has 0 radical (unpaired) electrons. The molecular formula is C8H12Na2O8Zn. The number of aliphatic carboxylic acids is 4. The number of hydrogen-bond acceptors (Lipinski definition) is 8. The summed E-state index contributed by atoms with van der Waals surface area (Å²) >= 11 is 0. The molecule has 0 atom stereocenters. The third-order valence-electron chi connectivity index (χ3n) is 0. The van der Waals surface area contributed by atoms with Gasteiger partial charge in [0.25, 0.3) is 0 Å². The Morgan fingerprint density at radius 2 is 0.526 bits per heavy atom. The molecule has 0 aliphatic rings. The Kier molecular flexibility index (Phi) is 81.5. The maximum Gasteiger partial charge on any atom is 2.00 e. The minimum atomic E-state index is -1.08. The van der Waals surface area contributed by atoms with Crippen molar-refractivity contribution in [2.45, 2.75) is 27.7 Å². The molecule has 0 heterocycles. The summed E-state index contributed by atoms with van der Waals surface area (Å²) in [5, 5.41) is 35.6. The third kappa shape index (κ3) is 19900. The summed E-state index contributed by atoms with van der Waals surface area (Å²) in [4.78, 5) is 35.6. The van der Waals surface area contributed by atoms with Crippen LogP contribution in [0.5, 0.6) is 0 Å². The molecule has 0 saturated carbocycles. The van der Waals surface area contributed by atoms with Gasteiger partial charge in [-0.25, -0.2) is 0 Å². The summed E-state index contributed by atoms with van der Waals surface area (Å²) in [5.41, 5.74) is 0. The molecule has 11 heteroatoms. The second-order valence-electron chi connectivity index (χ2n) is 1.97. The first-order valence-electron chi connectivity index (χ1n) is 3.63. The Morgan fingerprint density at radius 1 is 0.526 bits per heavy atom. The van der Waals surface area contributed by atoms with Crippen molar-refractivity contribution < 1.29 is 118 Å². The zero-order valence-corrected chi connectivity index (χ0v) is 18.9. The number of carbonyl (C=O) groups is 4. The Balaban J connectivity index is -0.0000000192. The summed E-state index contributed by atoms with van der Waals surface area (Å²) in [5.74, 6) is -4.33. The molecule has 0 aromatic carbocycles. The SMILES string of the molecule is CC(=O)[O-].CC(=O)[O-].CC(=O)[O-].CC(=O)[O-].[Na+].[Na+].[Zn+2]. The molecule has 0 aromatic heterocycles. The molecule has 0 N–H and O–H groups in total. The summed E-state index contributed by atoms with van der Waals surface area (Å²) in [7, 11) is 0. The van der Waals surface area contributed by atoms with Crippen LogP contribution in [-0.2, 0) is 38.7 Å². The average molecular weight is 348 g/mol. The van der Waals surface area contributed by atoms with Gasteiger partial charge in [-0.2, -0.15) is 0 Å². The second-order valence-corrected chi connectivity index (χ2v) is 1.97. The molecular weight excluding hydrogens is 335 g/mol. The van der Waals surface area contributed by atoms with Crippen molar-refractivity contribution >= 4 is 23.9 Å². The molecule has 0 bridgehead atoms. The summed E-state index contributed by atoms with van der Waals surface area (Å²) in [6.07, 6.45) is 0. The van der Waals surface area contributed by atoms with Crippen molar-refractivity contribution in [2.24, 2.45) is 0 Å². The van der Waals surface area contributed by atoms with Crippen LogP contribution in [0.25, 0.3) is 0 Å². The van der Waals surface area contributed by atoms with Crippen LogP contribution in [0.3, 0.4) is 0 Å². The zero-order valence-electron chi connectivity index (χ0n) is 12.0. The van der Waals surface area contributed by atoms with E-state index in [0.29, 0.717) is 0 Å². The molecule has 0 saturated heterocycles. The van der Waals surface area contributed by atoms with Crippen LogP contribution < -0.4 is 79.5 Å². The van der Waals surface area contributed by atoms with E-state index in [9.17, 15) is 0 Å². The summed E-state index contributed by atoms with van der Waals surface area (Å²) in [6.45, 7) is 3.89. The first-order chi connectivity index (χ1) is 6.93. The number of carboxylic acids is 4. The van der Waals surface area contributed by atoms with Gasteiger partial charge >= 0.3 is 78.6 Å². The Bertz CT molecular complexity index is 171. The van der Waals surface area contributed by atoms with Gasteiger partial charge in [-0.05, 0) is 27.7 Å². The molecule has 0 aliphatic carbocycles. The number of hydrogen-bond donors (Lipinski definition) is 0. The van der Waals surface area contributed by atoms with E-state index in [4.69, 9.17) is 39.6 Å². The van der Waals surface area contributed by atoms with E-state index in [1.54, 1.807) is 0 Å². The van der Waals surface area contributed by atoms with Crippen molar-refractivity contribution in [3.05, 3.63) is 0 Å². The molecule has 0 fully saturated rings. The van der Waals surface area contributed by atoms with E-state index in [0.717, 1.165) is 27.7 Å². The predicted octanol–water partition coefficient (Wildman–Crippen LogP) is -11.0. The second kappa shape index (κ2) is 36.3. The van der Waals surface area contributed by atoms with Crippen molar-refractivity contribution in [1.82, 2.24) is 0 Å². The van der Waals surface area contributed by atoms with Crippen molar-refractivity contribution in [1.29, 1.82) is 0 Å². The van der Waals surface area contributed by atoms with Crippen LogP contribution in [0, 0.1) is 0 Å². The monoisotopic (exact) mass is 346 g/mol. The number of carbonyl (C=O) groups excluding carboxylic acids is 4. The predicted molar refractivity (Wildman–Crippen MR) is 42.7 cm³/mol. The fourth-order valence-electron chi connectivity index (χ4n) is 0. The maximum absolute atomic E-state index is 8.89. The Hall–Kier alpha value is 0.503. The van der Waals surface area contributed by atoms with Gasteiger partial charge in [0.05, 0.1) is 0 Å². The normalized spacial score (nSPS) is 5.26. The van der Waals surface area contributed by atoms with E-state index >= 15 is 0 Å². The van der Waals surface area contributed by atoms with Crippen molar-refractivity contribution in [3.8, 4) is 0 Å². The van der Waals surface area contributed by atoms with Crippen molar-refractivity contribution in [2.75, 3.05) is 0 Å². The van der Waals surface area contributed by atoms with Crippen LogP contribution in [0.4, 0.5) is 0 Å². The minimum absolute atomic E-state index is 0. The molecule has 0 spiro atoms. The van der Waals surface area contributed by atoms with Gasteiger partial charge in [-0.3, -0.25) is 0 Å². The van der Waals surface area contributed by atoms with Gasteiger partial charge in [0, 0.05) is 23.9 Å². The zero-order chi connectivity index (χ0) is 14.3. The molecule has 0 unspecified atom stereocenters. The molecule has 96 valence electrons. The van der Waals surface area contributed by atoms with Crippen LogP contribution >= 0.6 is 0 Å². The van der Waals surface area contributed by atoms with Gasteiger partial charge in [-0.1, -0.05) is 0 Å². The molecule has 0 aliphatic heterocycles. The fraction of sp³-hybridized carbons (Fsp3) is 0.500. The van der Waals surface area contributed by atoms with Crippen LogP contribution in [0.2, 0.25) is 0 Å². The van der Waals surface area contributed by atoms with Gasteiger partial charge in [-0.15, -0.1) is 0 Å². The van der Waals surface area contributed by atoms with Crippen LogP contribution in [-0.4, -0.2) is 23.9 Å². The number of carboxylic acid groups (broad SMARTS) is 4. The minimum Gasteiger partial charge on any atom is -0.550 e. The fourth-order valence-corrected chi connectivity index (χ4v) is 0. The molecule has 19 heavy (non-hydrogen) atoms. The maximum atomic E-state index is 8.89.